The largest absolute Gasteiger partial charge is 0.396 e. The number of aromatic nitrogens is 2. The van der Waals surface area contributed by atoms with Crippen LogP contribution in [0.3, 0.4) is 0 Å². The molecule has 1 atom stereocenters. The topological polar surface area (TPSA) is 67.5 Å². The fourth-order valence-electron chi connectivity index (χ4n) is 3.63. The highest BCUT2D eigenvalue weighted by atomic mass is 35.5. The third kappa shape index (κ3) is 3.47. The summed E-state index contributed by atoms with van der Waals surface area (Å²) >= 11 is 6.02. The van der Waals surface area contributed by atoms with Crippen LogP contribution in [0.1, 0.15) is 19.4 Å². The predicted octanol–water partition coefficient (Wildman–Crippen LogP) is 2.77. The molecule has 1 aromatic carbocycles. The Bertz CT molecular complexity index is 1020. The number of benzene rings is 1. The summed E-state index contributed by atoms with van der Waals surface area (Å²) in [7, 11) is 2.04. The van der Waals surface area contributed by atoms with Crippen molar-refractivity contribution in [2.24, 2.45) is 17.8 Å². The monoisotopic (exact) mass is 396 g/mol. The van der Waals surface area contributed by atoms with Gasteiger partial charge < -0.3 is 10.6 Å². The molecule has 1 unspecified atom stereocenters. The van der Waals surface area contributed by atoms with Gasteiger partial charge in [-0.05, 0) is 37.3 Å². The zero-order valence-corrected chi connectivity index (χ0v) is 16.7. The number of hydrogen-bond acceptors (Lipinski definition) is 4. The van der Waals surface area contributed by atoms with Crippen molar-refractivity contribution in [2.45, 2.75) is 19.4 Å². The number of carbonyl (C=O) groups excluding carboxylic acids is 1. The zero-order chi connectivity index (χ0) is 19.8. The molecule has 0 spiro atoms. The van der Waals surface area contributed by atoms with E-state index in [0.29, 0.717) is 17.3 Å². The second kappa shape index (κ2) is 7.28. The lowest BCUT2D eigenvalue weighted by Crippen LogP contribution is -2.25. The lowest BCUT2D eigenvalue weighted by molar-refractivity contribution is -0.671. The van der Waals surface area contributed by atoms with Crippen molar-refractivity contribution in [3.8, 4) is 0 Å². The molecule has 1 aliphatic carbocycles. The number of carbonyl (C=O) groups is 1. The summed E-state index contributed by atoms with van der Waals surface area (Å²) in [5.41, 5.74) is 9.20. The van der Waals surface area contributed by atoms with Crippen LogP contribution in [0.4, 0.5) is 11.4 Å². The number of ketones is 1. The molecular weight excluding hydrogens is 374 g/mol. The van der Waals surface area contributed by atoms with E-state index in [1.54, 1.807) is 13.0 Å². The number of nitrogens with two attached hydrogens (primary N) is 1. The Morgan fingerprint density at radius 3 is 2.71 bits per heavy atom. The van der Waals surface area contributed by atoms with Crippen LogP contribution in [-0.4, -0.2) is 29.2 Å². The molecule has 6 nitrogen and oxygen atoms in total. The van der Waals surface area contributed by atoms with Crippen LogP contribution in [0.25, 0.3) is 0 Å². The highest BCUT2D eigenvalue weighted by molar-refractivity contribution is 6.49. The van der Waals surface area contributed by atoms with Crippen LogP contribution < -0.4 is 15.2 Å². The minimum atomic E-state index is -0.242. The predicted molar refractivity (Wildman–Crippen MR) is 111 cm³/mol. The number of nitrogens with zero attached hydrogens (tertiary/aromatic N) is 4. The third-order valence-corrected chi connectivity index (χ3v) is 5.64. The van der Waals surface area contributed by atoms with Crippen molar-refractivity contribution in [2.75, 3.05) is 18.0 Å². The maximum atomic E-state index is 11.9. The molecule has 7 heteroatoms. The van der Waals surface area contributed by atoms with Gasteiger partial charge in [0, 0.05) is 24.2 Å². The van der Waals surface area contributed by atoms with E-state index >= 15 is 0 Å². The van der Waals surface area contributed by atoms with E-state index in [1.165, 1.54) is 5.69 Å². The second-order valence-corrected chi connectivity index (χ2v) is 7.69. The number of allylic oxidation sites excluding steroid dienone is 3. The normalized spacial score (nSPS) is 21.6. The lowest BCUT2D eigenvalue weighted by Gasteiger charge is -2.18. The molecule has 1 fully saturated rings. The Kier molecular flexibility index (Phi) is 4.81. The van der Waals surface area contributed by atoms with Gasteiger partial charge in [-0.2, -0.15) is 0 Å². The number of aliphatic imine (C=N–C) groups is 1. The molecule has 1 aliphatic heterocycles. The van der Waals surface area contributed by atoms with Crippen molar-refractivity contribution in [1.82, 2.24) is 4.57 Å². The van der Waals surface area contributed by atoms with Crippen LogP contribution in [-0.2, 0) is 11.8 Å². The van der Waals surface area contributed by atoms with E-state index < -0.39 is 0 Å². The molecule has 2 heterocycles. The number of anilines is 1. The Morgan fingerprint density at radius 1 is 1.29 bits per heavy atom. The lowest BCUT2D eigenvalue weighted by atomic mass is 10.0. The summed E-state index contributed by atoms with van der Waals surface area (Å²) in [6.07, 6.45) is 9.12. The zero-order valence-electron chi connectivity index (χ0n) is 16.0. The van der Waals surface area contributed by atoms with Gasteiger partial charge in [-0.1, -0.05) is 11.6 Å². The van der Waals surface area contributed by atoms with E-state index in [4.69, 9.17) is 17.3 Å². The van der Waals surface area contributed by atoms with Crippen molar-refractivity contribution < 1.29 is 9.36 Å². The summed E-state index contributed by atoms with van der Waals surface area (Å²) in [4.78, 5) is 18.8. The van der Waals surface area contributed by atoms with Crippen molar-refractivity contribution in [3.63, 3.8) is 0 Å². The Morgan fingerprint density at radius 2 is 2.04 bits per heavy atom. The van der Waals surface area contributed by atoms with E-state index in [0.717, 1.165) is 25.2 Å². The first-order chi connectivity index (χ1) is 13.4. The van der Waals surface area contributed by atoms with Gasteiger partial charge >= 0.3 is 0 Å². The standard InChI is InChI=1S/C21H22ClN5O/c1-14-11-18(20(23)19(22)21(14)28)24-15-3-5-16(6-4-15)26-8-7-17(12-26)27-10-9-25(2)13-27/h3-6,9-11,13,17H,7-8,12H2,1-2H3,(H-,23,28)/p+1. The van der Waals surface area contributed by atoms with Crippen LogP contribution in [0.2, 0.25) is 0 Å². The Hall–Kier alpha value is -2.86. The number of Topliss-reactive ketones (excluding diaryl/α,β-unsaturated/α-hetero) is 1. The van der Waals surface area contributed by atoms with Crippen LogP contribution in [0, 0.1) is 0 Å². The number of halogens is 1. The SMILES string of the molecule is CC1=CC(=Nc2ccc(N3CCC(n4cc[n+](C)c4)C3)cc2)C(N)=C(Cl)C1=O. The van der Waals surface area contributed by atoms with Crippen LogP contribution >= 0.6 is 11.6 Å². The van der Waals surface area contributed by atoms with Gasteiger partial charge in [0.15, 0.2) is 0 Å². The molecule has 2 N–H and O–H groups in total. The molecular formula is C21H23ClN5O+. The number of rotatable bonds is 3. The average Bonchev–Trinajstić information content (AvgIpc) is 3.34. The third-order valence-electron chi connectivity index (χ3n) is 5.26. The molecule has 0 radical (unpaired) electrons. The second-order valence-electron chi connectivity index (χ2n) is 7.31. The van der Waals surface area contributed by atoms with Crippen molar-refractivity contribution >= 4 is 34.5 Å². The van der Waals surface area contributed by atoms with Crippen molar-refractivity contribution in [1.29, 1.82) is 0 Å². The molecule has 144 valence electrons. The average molecular weight is 397 g/mol. The maximum Gasteiger partial charge on any atom is 0.243 e. The van der Waals surface area contributed by atoms with E-state index in [9.17, 15) is 4.79 Å². The first-order valence-corrected chi connectivity index (χ1v) is 9.65. The fraction of sp³-hybridized carbons (Fsp3) is 0.286. The summed E-state index contributed by atoms with van der Waals surface area (Å²) in [6, 6.07) is 8.56. The van der Waals surface area contributed by atoms with Gasteiger partial charge in [-0.3, -0.25) is 4.79 Å². The summed E-state index contributed by atoms with van der Waals surface area (Å²) in [6.45, 7) is 3.72. The number of aryl methyl sites for hydroxylation is 1. The van der Waals surface area contributed by atoms with Gasteiger partial charge in [-0.25, -0.2) is 14.1 Å². The highest BCUT2D eigenvalue weighted by Gasteiger charge is 2.27. The first kappa shape index (κ1) is 18.5. The van der Waals surface area contributed by atoms with Gasteiger partial charge in [0.2, 0.25) is 12.1 Å². The van der Waals surface area contributed by atoms with Crippen molar-refractivity contribution in [3.05, 3.63) is 65.4 Å². The van der Waals surface area contributed by atoms with Crippen LogP contribution in [0.5, 0.6) is 0 Å². The smallest absolute Gasteiger partial charge is 0.243 e. The Labute approximate surface area is 169 Å². The molecule has 0 amide bonds. The molecule has 1 saturated heterocycles. The van der Waals surface area contributed by atoms with Gasteiger partial charge in [-0.15, -0.1) is 0 Å². The van der Waals surface area contributed by atoms with Gasteiger partial charge in [0.1, 0.15) is 23.5 Å². The number of hydrogen-bond donors (Lipinski definition) is 1. The molecule has 0 bridgehead atoms. The highest BCUT2D eigenvalue weighted by Crippen LogP contribution is 2.29. The minimum absolute atomic E-state index is 0.0388. The fourth-order valence-corrected chi connectivity index (χ4v) is 3.88. The Balaban J connectivity index is 1.50. The summed E-state index contributed by atoms with van der Waals surface area (Å²) in [5.74, 6) is -0.242. The molecule has 28 heavy (non-hydrogen) atoms. The van der Waals surface area contributed by atoms with Gasteiger partial charge in [0.25, 0.3) is 0 Å². The first-order valence-electron chi connectivity index (χ1n) is 9.27. The molecule has 4 rings (SSSR count). The van der Waals surface area contributed by atoms with E-state index in [2.05, 4.69) is 49.9 Å². The molecule has 2 aliphatic rings. The van der Waals surface area contributed by atoms with Gasteiger partial charge in [0.05, 0.1) is 30.7 Å². The quantitative estimate of drug-likeness (QED) is 0.640. The summed E-state index contributed by atoms with van der Waals surface area (Å²) < 4.78 is 4.34. The van der Waals surface area contributed by atoms with E-state index in [-0.39, 0.29) is 16.5 Å². The minimum Gasteiger partial charge on any atom is -0.396 e. The summed E-state index contributed by atoms with van der Waals surface area (Å²) in [5, 5.41) is 0.0388. The molecule has 2 aromatic rings. The van der Waals surface area contributed by atoms with Crippen LogP contribution in [0.15, 0.2) is 70.4 Å². The molecule has 0 saturated carbocycles. The van der Waals surface area contributed by atoms with E-state index in [1.807, 2.05) is 19.2 Å². The molecule has 1 aromatic heterocycles. The number of imidazole rings is 1. The maximum absolute atomic E-state index is 11.9.